The van der Waals surface area contributed by atoms with E-state index in [1.807, 2.05) is 40.0 Å². The number of aryl methyl sites for hydroxylation is 2. The van der Waals surface area contributed by atoms with Crippen LogP contribution in [0, 0.1) is 27.7 Å². The van der Waals surface area contributed by atoms with Gasteiger partial charge in [-0.1, -0.05) is 46.0 Å². The maximum absolute atomic E-state index is 4.48. The molecule has 1 aromatic rings. The van der Waals surface area contributed by atoms with Gasteiger partial charge in [-0.25, -0.2) is 0 Å². The van der Waals surface area contributed by atoms with Gasteiger partial charge in [-0.15, -0.1) is 0 Å². The molecular weight excluding hydrogens is 226 g/mol. The average Bonchev–Trinajstić information content (AvgIpc) is 2.37. The van der Waals surface area contributed by atoms with Gasteiger partial charge < -0.3 is 0 Å². The molecule has 1 aromatic heterocycles. The minimum Gasteiger partial charge on any atom is -0.257 e. The lowest BCUT2D eigenvalue weighted by Crippen LogP contribution is -1.97. The third kappa shape index (κ3) is 5.40. The first-order valence-corrected chi connectivity index (χ1v) is 7.17. The largest absolute Gasteiger partial charge is 0.257 e. The molecule has 2 heteroatoms. The van der Waals surface area contributed by atoms with Crippen molar-refractivity contribution < 1.29 is 0 Å². The highest BCUT2D eigenvalue weighted by Crippen LogP contribution is 2.28. The van der Waals surface area contributed by atoms with E-state index in [0.29, 0.717) is 0 Å². The van der Waals surface area contributed by atoms with Gasteiger partial charge in [0.25, 0.3) is 0 Å². The van der Waals surface area contributed by atoms with Crippen LogP contribution in [-0.4, -0.2) is 4.98 Å². The number of hydrogen-bond acceptors (Lipinski definition) is 2. The molecule has 1 heterocycles. The number of nitrogens with zero attached hydrogens (tertiary/aromatic N) is 1. The Morgan fingerprint density at radius 3 is 1.76 bits per heavy atom. The molecule has 0 radical (unpaired) electrons. The monoisotopic (exact) mass is 253 g/mol. The number of aromatic nitrogens is 1. The lowest BCUT2D eigenvalue weighted by molar-refractivity contribution is 0.999. The molecule has 0 aliphatic heterocycles. The van der Waals surface area contributed by atoms with Gasteiger partial charge in [0.15, 0.2) is 0 Å². The molecule has 0 saturated carbocycles. The first kappa shape index (κ1) is 18.6. The fourth-order valence-corrected chi connectivity index (χ4v) is 2.07. The summed E-state index contributed by atoms with van der Waals surface area (Å²) in [6, 6.07) is 0. The minimum atomic E-state index is 1.10. The minimum absolute atomic E-state index is 1.10. The molecule has 0 amide bonds. The summed E-state index contributed by atoms with van der Waals surface area (Å²) in [5, 5.41) is 1.85. The maximum atomic E-state index is 4.48. The van der Waals surface area contributed by atoms with Gasteiger partial charge in [0, 0.05) is 10.6 Å². The van der Waals surface area contributed by atoms with Crippen molar-refractivity contribution in [2.75, 3.05) is 0 Å². The molecule has 0 aromatic carbocycles. The van der Waals surface area contributed by atoms with Crippen molar-refractivity contribution in [2.45, 2.75) is 60.3 Å². The number of pyridine rings is 1. The van der Waals surface area contributed by atoms with Crippen molar-refractivity contribution in [1.82, 2.24) is 4.98 Å². The van der Waals surface area contributed by atoms with Crippen LogP contribution in [0.3, 0.4) is 0 Å². The van der Waals surface area contributed by atoms with E-state index >= 15 is 0 Å². The zero-order valence-corrected chi connectivity index (χ0v) is 13.5. The standard InChI is InChI=1S/C11H15NS.2C2H6/c1-6-13-11-8(3)7(2)9(4)12-10(11)5;2*1-2/h6H,1H2,2-5H3;2*1-2H3. The fourth-order valence-electron chi connectivity index (χ4n) is 1.36. The predicted molar refractivity (Wildman–Crippen MR) is 81.9 cm³/mol. The van der Waals surface area contributed by atoms with Crippen LogP contribution in [0.15, 0.2) is 16.9 Å². The average molecular weight is 253 g/mol. The van der Waals surface area contributed by atoms with E-state index in [-0.39, 0.29) is 0 Å². The van der Waals surface area contributed by atoms with Crippen LogP contribution in [-0.2, 0) is 0 Å². The lowest BCUT2D eigenvalue weighted by Gasteiger charge is -2.11. The fraction of sp³-hybridized carbons (Fsp3) is 0.533. The molecule has 0 fully saturated rings. The second-order valence-electron chi connectivity index (χ2n) is 3.15. The molecule has 0 atom stereocenters. The van der Waals surface area contributed by atoms with Gasteiger partial charge in [-0.05, 0) is 44.2 Å². The Balaban J connectivity index is 0. The lowest BCUT2D eigenvalue weighted by atomic mass is 10.1. The van der Waals surface area contributed by atoms with Gasteiger partial charge in [-0.2, -0.15) is 0 Å². The summed E-state index contributed by atoms with van der Waals surface area (Å²) in [4.78, 5) is 5.73. The molecule has 0 N–H and O–H groups in total. The van der Waals surface area contributed by atoms with Gasteiger partial charge in [0.05, 0.1) is 5.69 Å². The SMILES string of the molecule is C=CSc1c(C)nc(C)c(C)c1C.CC.CC. The van der Waals surface area contributed by atoms with E-state index in [2.05, 4.69) is 32.3 Å². The van der Waals surface area contributed by atoms with Crippen LogP contribution in [0.5, 0.6) is 0 Å². The summed E-state index contributed by atoms with van der Waals surface area (Å²) in [5.74, 6) is 0. The molecule has 0 aliphatic rings. The van der Waals surface area contributed by atoms with Crippen molar-refractivity contribution in [3.63, 3.8) is 0 Å². The molecule has 17 heavy (non-hydrogen) atoms. The highest BCUT2D eigenvalue weighted by Gasteiger charge is 2.08. The number of thioether (sulfide) groups is 1. The molecule has 1 nitrogen and oxygen atoms in total. The Hall–Kier alpha value is -0.760. The van der Waals surface area contributed by atoms with E-state index < -0.39 is 0 Å². The van der Waals surface area contributed by atoms with E-state index in [4.69, 9.17) is 0 Å². The predicted octanol–water partition coefficient (Wildman–Crippen LogP) is 5.60. The second-order valence-corrected chi connectivity index (χ2v) is 4.12. The molecule has 0 unspecified atom stereocenters. The molecule has 0 spiro atoms. The van der Waals surface area contributed by atoms with Crippen molar-refractivity contribution in [2.24, 2.45) is 0 Å². The van der Waals surface area contributed by atoms with Gasteiger partial charge in [0.1, 0.15) is 0 Å². The van der Waals surface area contributed by atoms with Crippen molar-refractivity contribution in [1.29, 1.82) is 0 Å². The van der Waals surface area contributed by atoms with Crippen LogP contribution in [0.25, 0.3) is 0 Å². The van der Waals surface area contributed by atoms with Crippen LogP contribution >= 0.6 is 11.8 Å². The smallest absolute Gasteiger partial charge is 0.0517 e. The number of rotatable bonds is 2. The van der Waals surface area contributed by atoms with Gasteiger partial charge in [0.2, 0.25) is 0 Å². The van der Waals surface area contributed by atoms with Gasteiger partial charge >= 0.3 is 0 Å². The van der Waals surface area contributed by atoms with E-state index in [0.717, 1.165) is 11.4 Å². The molecule has 1 rings (SSSR count). The Labute approximate surface area is 112 Å². The van der Waals surface area contributed by atoms with Crippen LogP contribution in [0.1, 0.15) is 50.2 Å². The molecule has 0 aliphatic carbocycles. The summed E-state index contributed by atoms with van der Waals surface area (Å²) in [6.07, 6.45) is 0. The zero-order chi connectivity index (χ0) is 14.0. The van der Waals surface area contributed by atoms with E-state index in [9.17, 15) is 0 Å². The van der Waals surface area contributed by atoms with Gasteiger partial charge in [-0.3, -0.25) is 4.98 Å². The van der Waals surface area contributed by atoms with E-state index in [1.165, 1.54) is 16.0 Å². The third-order valence-corrected chi connectivity index (χ3v) is 3.31. The van der Waals surface area contributed by atoms with Crippen molar-refractivity contribution in [3.8, 4) is 0 Å². The van der Waals surface area contributed by atoms with Crippen LogP contribution in [0.4, 0.5) is 0 Å². The van der Waals surface area contributed by atoms with Crippen LogP contribution in [0.2, 0.25) is 0 Å². The Kier molecular flexibility index (Phi) is 11.4. The molecule has 0 bridgehead atoms. The zero-order valence-electron chi connectivity index (χ0n) is 12.6. The normalized spacial score (nSPS) is 8.47. The summed E-state index contributed by atoms with van der Waals surface area (Å²) in [7, 11) is 0. The summed E-state index contributed by atoms with van der Waals surface area (Å²) < 4.78 is 0. The Bertz CT molecular complexity index is 343. The van der Waals surface area contributed by atoms with E-state index in [1.54, 1.807) is 11.8 Å². The van der Waals surface area contributed by atoms with Crippen LogP contribution < -0.4 is 0 Å². The summed E-state index contributed by atoms with van der Waals surface area (Å²) in [6.45, 7) is 20.1. The maximum Gasteiger partial charge on any atom is 0.0517 e. The quantitative estimate of drug-likeness (QED) is 0.636. The highest BCUT2D eigenvalue weighted by molar-refractivity contribution is 8.02. The second kappa shape index (κ2) is 10.4. The Morgan fingerprint density at radius 2 is 1.35 bits per heavy atom. The van der Waals surface area contributed by atoms with Crippen molar-refractivity contribution in [3.05, 3.63) is 34.5 Å². The summed E-state index contributed by atoms with van der Waals surface area (Å²) in [5.41, 5.74) is 4.85. The highest BCUT2D eigenvalue weighted by atomic mass is 32.2. The topological polar surface area (TPSA) is 12.9 Å². The Morgan fingerprint density at radius 1 is 0.882 bits per heavy atom. The molecule has 0 saturated heterocycles. The van der Waals surface area contributed by atoms with Crippen molar-refractivity contribution >= 4 is 11.8 Å². The number of hydrogen-bond donors (Lipinski definition) is 0. The first-order valence-electron chi connectivity index (χ1n) is 6.30. The summed E-state index contributed by atoms with van der Waals surface area (Å²) >= 11 is 1.65. The first-order chi connectivity index (χ1) is 8.07. The molecular formula is C15H27NS. The third-order valence-electron chi connectivity index (χ3n) is 2.31. The molecule has 98 valence electrons.